The maximum Gasteiger partial charge on any atom is 0.186 e. The van der Waals surface area contributed by atoms with Gasteiger partial charge in [-0.2, -0.15) is 0 Å². The van der Waals surface area contributed by atoms with E-state index in [2.05, 4.69) is 16.8 Å². The van der Waals surface area contributed by atoms with Crippen LogP contribution in [0, 0.1) is 0 Å². The second kappa shape index (κ2) is 7.80. The molecule has 0 aromatic rings. The van der Waals surface area contributed by atoms with E-state index in [0.717, 1.165) is 26.2 Å². The summed E-state index contributed by atoms with van der Waals surface area (Å²) in [6, 6.07) is 0. The Labute approximate surface area is 124 Å². The molecule has 4 N–H and O–H groups in total. The second-order valence-corrected chi connectivity index (χ2v) is 5.71. The molecule has 0 radical (unpaired) electrons. The van der Waals surface area contributed by atoms with Crippen LogP contribution in [0.25, 0.3) is 0 Å². The fourth-order valence-corrected chi connectivity index (χ4v) is 2.57. The molecule has 0 amide bonds. The summed E-state index contributed by atoms with van der Waals surface area (Å²) in [7, 11) is 2.09. The van der Waals surface area contributed by atoms with Gasteiger partial charge in [0.25, 0.3) is 0 Å². The maximum atomic E-state index is 9.83. The van der Waals surface area contributed by atoms with Gasteiger partial charge in [0, 0.05) is 32.7 Å². The van der Waals surface area contributed by atoms with Crippen molar-refractivity contribution in [2.45, 2.75) is 30.7 Å². The predicted octanol–water partition coefficient (Wildman–Crippen LogP) is -2.95. The third-order valence-electron chi connectivity index (χ3n) is 4.13. The molecule has 0 aromatic carbocycles. The molecule has 0 saturated carbocycles. The van der Waals surface area contributed by atoms with E-state index in [1.165, 1.54) is 0 Å². The Hall–Kier alpha value is -0.320. The first kappa shape index (κ1) is 17.0. The molecule has 2 heterocycles. The third-order valence-corrected chi connectivity index (χ3v) is 4.13. The van der Waals surface area contributed by atoms with Crippen molar-refractivity contribution in [1.82, 2.24) is 9.80 Å². The van der Waals surface area contributed by atoms with Gasteiger partial charge in [-0.05, 0) is 7.05 Å². The molecule has 8 heteroatoms. The summed E-state index contributed by atoms with van der Waals surface area (Å²) in [6.07, 6.45) is -6.01. The molecular formula is C13H26N2O6. The van der Waals surface area contributed by atoms with Crippen LogP contribution in [0.2, 0.25) is 0 Å². The van der Waals surface area contributed by atoms with Gasteiger partial charge in [-0.25, -0.2) is 0 Å². The Bertz CT molecular complexity index is 311. The van der Waals surface area contributed by atoms with Crippen molar-refractivity contribution in [3.05, 3.63) is 0 Å². The summed E-state index contributed by atoms with van der Waals surface area (Å²) < 4.78 is 10.7. The molecule has 2 fully saturated rings. The van der Waals surface area contributed by atoms with Gasteiger partial charge in [-0.3, -0.25) is 4.90 Å². The van der Waals surface area contributed by atoms with Gasteiger partial charge in [0.15, 0.2) is 6.29 Å². The molecule has 124 valence electrons. The molecule has 3 unspecified atom stereocenters. The normalized spacial score (nSPS) is 39.6. The minimum absolute atomic E-state index is 0.354. The van der Waals surface area contributed by atoms with Gasteiger partial charge in [0.1, 0.15) is 24.4 Å². The fourth-order valence-electron chi connectivity index (χ4n) is 2.57. The standard InChI is InChI=1S/C13H26N2O6/c1-14-2-4-15(5-3-14)6-7-20-13-12(19)11(18)10(17)9(8-16)21-13/h9-13,16-19H,2-8H2,1H3/t9?,10-,11?,12?,13+/m0/s1. The zero-order chi connectivity index (χ0) is 15.4. The number of ether oxygens (including phenoxy) is 2. The Balaban J connectivity index is 1.74. The summed E-state index contributed by atoms with van der Waals surface area (Å²) in [5.74, 6) is 0. The average Bonchev–Trinajstić information content (AvgIpc) is 2.49. The van der Waals surface area contributed by atoms with Gasteiger partial charge >= 0.3 is 0 Å². The van der Waals surface area contributed by atoms with Gasteiger partial charge in [0.05, 0.1) is 13.2 Å². The Morgan fingerprint density at radius 3 is 2.33 bits per heavy atom. The third kappa shape index (κ3) is 4.33. The van der Waals surface area contributed by atoms with Crippen LogP contribution in [0.1, 0.15) is 0 Å². The average molecular weight is 306 g/mol. The van der Waals surface area contributed by atoms with Crippen LogP contribution < -0.4 is 0 Å². The quantitative estimate of drug-likeness (QED) is 0.427. The molecule has 2 saturated heterocycles. The van der Waals surface area contributed by atoms with Crippen molar-refractivity contribution in [3.8, 4) is 0 Å². The number of piperazine rings is 1. The van der Waals surface area contributed by atoms with Crippen LogP contribution in [0.4, 0.5) is 0 Å². The second-order valence-electron chi connectivity index (χ2n) is 5.71. The molecule has 2 aliphatic rings. The first-order chi connectivity index (χ1) is 10.0. The fraction of sp³-hybridized carbons (Fsp3) is 1.00. The number of hydrogen-bond acceptors (Lipinski definition) is 8. The highest BCUT2D eigenvalue weighted by Gasteiger charge is 2.43. The van der Waals surface area contributed by atoms with E-state index in [9.17, 15) is 15.3 Å². The molecule has 0 bridgehead atoms. The Kier molecular flexibility index (Phi) is 6.33. The van der Waals surface area contributed by atoms with E-state index < -0.39 is 37.3 Å². The molecule has 21 heavy (non-hydrogen) atoms. The van der Waals surface area contributed by atoms with Crippen molar-refractivity contribution >= 4 is 0 Å². The molecule has 2 aliphatic heterocycles. The molecule has 0 spiro atoms. The number of hydrogen-bond donors (Lipinski definition) is 4. The van der Waals surface area contributed by atoms with Crippen molar-refractivity contribution in [3.63, 3.8) is 0 Å². The molecule has 5 atom stereocenters. The minimum Gasteiger partial charge on any atom is -0.394 e. The largest absolute Gasteiger partial charge is 0.394 e. The maximum absolute atomic E-state index is 9.83. The smallest absolute Gasteiger partial charge is 0.186 e. The van der Waals surface area contributed by atoms with Gasteiger partial charge in [0.2, 0.25) is 0 Å². The summed E-state index contributed by atoms with van der Waals surface area (Å²) in [4.78, 5) is 4.51. The summed E-state index contributed by atoms with van der Waals surface area (Å²) in [5, 5.41) is 38.2. The predicted molar refractivity (Wildman–Crippen MR) is 73.7 cm³/mol. The number of aliphatic hydroxyl groups is 4. The molecular weight excluding hydrogens is 280 g/mol. The summed E-state index contributed by atoms with van der Waals surface area (Å²) in [6.45, 7) is 4.59. The molecule has 8 nitrogen and oxygen atoms in total. The zero-order valence-electron chi connectivity index (χ0n) is 12.3. The lowest BCUT2D eigenvalue weighted by molar-refractivity contribution is -0.301. The van der Waals surface area contributed by atoms with E-state index in [-0.39, 0.29) is 0 Å². The van der Waals surface area contributed by atoms with E-state index >= 15 is 0 Å². The summed E-state index contributed by atoms with van der Waals surface area (Å²) in [5.41, 5.74) is 0. The first-order valence-corrected chi connectivity index (χ1v) is 7.36. The van der Waals surface area contributed by atoms with E-state index in [0.29, 0.717) is 13.2 Å². The zero-order valence-corrected chi connectivity index (χ0v) is 12.3. The minimum atomic E-state index is -1.38. The van der Waals surface area contributed by atoms with Crippen molar-refractivity contribution in [2.24, 2.45) is 0 Å². The van der Waals surface area contributed by atoms with Gasteiger partial charge in [-0.15, -0.1) is 0 Å². The van der Waals surface area contributed by atoms with Crippen LogP contribution in [-0.2, 0) is 9.47 Å². The lowest BCUT2D eigenvalue weighted by Crippen LogP contribution is -2.59. The lowest BCUT2D eigenvalue weighted by atomic mass is 9.99. The van der Waals surface area contributed by atoms with Gasteiger partial charge < -0.3 is 34.8 Å². The van der Waals surface area contributed by atoms with E-state index in [1.54, 1.807) is 0 Å². The van der Waals surface area contributed by atoms with Crippen LogP contribution in [0.5, 0.6) is 0 Å². The Morgan fingerprint density at radius 1 is 1.05 bits per heavy atom. The highest BCUT2D eigenvalue weighted by molar-refractivity contribution is 4.88. The van der Waals surface area contributed by atoms with Crippen molar-refractivity contribution < 1.29 is 29.9 Å². The molecule has 0 aliphatic carbocycles. The molecule has 0 aromatic heterocycles. The number of nitrogens with zero attached hydrogens (tertiary/aromatic N) is 2. The number of aliphatic hydroxyl groups excluding tert-OH is 4. The highest BCUT2D eigenvalue weighted by atomic mass is 16.7. The van der Waals surface area contributed by atoms with Crippen LogP contribution in [0.15, 0.2) is 0 Å². The van der Waals surface area contributed by atoms with Crippen LogP contribution in [-0.4, -0.2) is 114 Å². The number of rotatable bonds is 5. The summed E-state index contributed by atoms with van der Waals surface area (Å²) >= 11 is 0. The highest BCUT2D eigenvalue weighted by Crippen LogP contribution is 2.21. The SMILES string of the molecule is CN1CCN(CCO[C@@H]2OC(CO)[C@H](O)C(O)C2O)CC1. The topological polar surface area (TPSA) is 106 Å². The monoisotopic (exact) mass is 306 g/mol. The van der Waals surface area contributed by atoms with E-state index in [1.807, 2.05) is 0 Å². The Morgan fingerprint density at radius 2 is 1.71 bits per heavy atom. The van der Waals surface area contributed by atoms with Crippen molar-refractivity contribution in [1.29, 1.82) is 0 Å². The first-order valence-electron chi connectivity index (χ1n) is 7.36. The van der Waals surface area contributed by atoms with E-state index in [4.69, 9.17) is 14.6 Å². The van der Waals surface area contributed by atoms with Crippen LogP contribution >= 0.6 is 0 Å². The van der Waals surface area contributed by atoms with Gasteiger partial charge in [-0.1, -0.05) is 0 Å². The van der Waals surface area contributed by atoms with Crippen molar-refractivity contribution in [2.75, 3.05) is 53.0 Å². The van der Waals surface area contributed by atoms with Crippen LogP contribution in [0.3, 0.4) is 0 Å². The molecule has 2 rings (SSSR count). The lowest BCUT2D eigenvalue weighted by Gasteiger charge is -2.40. The number of likely N-dealkylation sites (N-methyl/N-ethyl adjacent to an activating group) is 1.